The van der Waals surface area contributed by atoms with Gasteiger partial charge in [0.15, 0.2) is 5.16 Å². The molecule has 0 aliphatic carbocycles. The number of halogens is 3. The molecule has 0 radical (unpaired) electrons. The van der Waals surface area contributed by atoms with Crippen LogP contribution < -0.4 is 10.6 Å². The van der Waals surface area contributed by atoms with Gasteiger partial charge in [0.25, 0.3) is 0 Å². The summed E-state index contributed by atoms with van der Waals surface area (Å²) in [7, 11) is 1.68. The molecule has 2 amide bonds. The summed E-state index contributed by atoms with van der Waals surface area (Å²) in [6, 6.07) is 11.9. The van der Waals surface area contributed by atoms with Crippen molar-refractivity contribution in [3.8, 4) is 0 Å². The number of alkyl halides is 3. The van der Waals surface area contributed by atoms with Crippen molar-refractivity contribution >= 4 is 35.0 Å². The summed E-state index contributed by atoms with van der Waals surface area (Å²) >= 11 is 1.07. The third-order valence-corrected chi connectivity index (χ3v) is 5.74. The molecule has 174 valence electrons. The average Bonchev–Trinajstić information content (AvgIpc) is 3.11. The Kier molecular flexibility index (Phi) is 7.75. The Morgan fingerprint density at radius 3 is 2.52 bits per heavy atom. The maximum Gasteiger partial charge on any atom is 0.416 e. The lowest BCUT2D eigenvalue weighted by molar-refractivity contribution is -0.137. The van der Waals surface area contributed by atoms with Gasteiger partial charge in [-0.3, -0.25) is 9.59 Å². The summed E-state index contributed by atoms with van der Waals surface area (Å²) in [6.45, 7) is 2.00. The number of aryl methyl sites for hydroxylation is 1. The van der Waals surface area contributed by atoms with Crippen LogP contribution in [0.25, 0.3) is 0 Å². The largest absolute Gasteiger partial charge is 0.416 e. The zero-order valence-electron chi connectivity index (χ0n) is 17.9. The second-order valence-electron chi connectivity index (χ2n) is 7.11. The van der Waals surface area contributed by atoms with Crippen molar-refractivity contribution < 1.29 is 22.8 Å². The van der Waals surface area contributed by atoms with E-state index in [-0.39, 0.29) is 23.8 Å². The van der Waals surface area contributed by atoms with Crippen molar-refractivity contribution in [3.63, 3.8) is 0 Å². The molecule has 0 unspecified atom stereocenters. The van der Waals surface area contributed by atoms with Gasteiger partial charge in [-0.1, -0.05) is 43.0 Å². The number of hydrogen-bond donors (Lipinski definition) is 2. The number of amides is 2. The quantitative estimate of drug-likeness (QED) is 0.472. The smallest absolute Gasteiger partial charge is 0.325 e. The number of carbonyl (C=O) groups is 2. The Morgan fingerprint density at radius 1 is 1.03 bits per heavy atom. The number of para-hydroxylation sites is 1. The highest BCUT2D eigenvalue weighted by Gasteiger charge is 2.30. The van der Waals surface area contributed by atoms with Gasteiger partial charge in [-0.2, -0.15) is 13.2 Å². The van der Waals surface area contributed by atoms with Crippen molar-refractivity contribution in [2.45, 2.75) is 31.1 Å². The van der Waals surface area contributed by atoms with Gasteiger partial charge in [0.1, 0.15) is 5.82 Å². The molecule has 0 saturated carbocycles. The number of nitrogens with zero attached hydrogens (tertiary/aromatic N) is 3. The molecule has 0 spiro atoms. The molecule has 0 fully saturated rings. The van der Waals surface area contributed by atoms with E-state index in [2.05, 4.69) is 20.8 Å². The number of thioether (sulfide) groups is 1. The van der Waals surface area contributed by atoms with Crippen molar-refractivity contribution in [1.29, 1.82) is 0 Å². The standard InChI is InChI=1S/C22H22F3N5O2S/c1-3-14-7-4-5-10-17(14)27-19(31)12-18-28-29-21(30(18)2)33-13-20(32)26-16-9-6-8-15(11-16)22(23,24)25/h4-11H,3,12-13H2,1-2H3,(H,26,32)(H,27,31). The summed E-state index contributed by atoms with van der Waals surface area (Å²) < 4.78 is 40.0. The van der Waals surface area contributed by atoms with Crippen LogP contribution in [0, 0.1) is 0 Å². The minimum Gasteiger partial charge on any atom is -0.325 e. The lowest BCUT2D eigenvalue weighted by Gasteiger charge is -2.10. The summed E-state index contributed by atoms with van der Waals surface area (Å²) in [5.41, 5.74) is 0.976. The van der Waals surface area contributed by atoms with Crippen molar-refractivity contribution in [2.24, 2.45) is 7.05 Å². The molecule has 2 aromatic carbocycles. The fraction of sp³-hybridized carbons (Fsp3) is 0.273. The normalized spacial score (nSPS) is 11.3. The number of hydrogen-bond acceptors (Lipinski definition) is 5. The molecule has 33 heavy (non-hydrogen) atoms. The second-order valence-corrected chi connectivity index (χ2v) is 8.05. The number of aromatic nitrogens is 3. The molecule has 3 rings (SSSR count). The molecule has 1 heterocycles. The van der Waals surface area contributed by atoms with Crippen molar-refractivity contribution in [3.05, 3.63) is 65.5 Å². The molecule has 0 aliphatic heterocycles. The van der Waals surface area contributed by atoms with Gasteiger partial charge < -0.3 is 15.2 Å². The van der Waals surface area contributed by atoms with E-state index < -0.39 is 17.6 Å². The first-order chi connectivity index (χ1) is 15.7. The maximum absolute atomic E-state index is 12.8. The molecular weight excluding hydrogens is 455 g/mol. The minimum absolute atomic E-state index is 0.00145. The monoisotopic (exact) mass is 477 g/mol. The topological polar surface area (TPSA) is 88.9 Å². The SMILES string of the molecule is CCc1ccccc1NC(=O)Cc1nnc(SCC(=O)Nc2cccc(C(F)(F)F)c2)n1C. The second kappa shape index (κ2) is 10.5. The van der Waals surface area contributed by atoms with Crippen LogP contribution in [0.2, 0.25) is 0 Å². The molecule has 7 nitrogen and oxygen atoms in total. The van der Waals surface area contributed by atoms with Gasteiger partial charge >= 0.3 is 6.18 Å². The number of anilines is 2. The van der Waals surface area contributed by atoms with Crippen molar-refractivity contribution in [2.75, 3.05) is 16.4 Å². The summed E-state index contributed by atoms with van der Waals surface area (Å²) in [6.07, 6.45) is -3.71. The van der Waals surface area contributed by atoms with E-state index in [1.54, 1.807) is 11.6 Å². The van der Waals surface area contributed by atoms with Crippen LogP contribution in [0.4, 0.5) is 24.5 Å². The van der Waals surface area contributed by atoms with Gasteiger partial charge in [-0.15, -0.1) is 10.2 Å². The lowest BCUT2D eigenvalue weighted by atomic mass is 10.1. The average molecular weight is 478 g/mol. The van der Waals surface area contributed by atoms with Gasteiger partial charge in [-0.05, 0) is 36.2 Å². The summed E-state index contributed by atoms with van der Waals surface area (Å²) in [5, 5.41) is 13.7. The van der Waals surface area contributed by atoms with Crippen LogP contribution in [0.3, 0.4) is 0 Å². The first-order valence-corrected chi connectivity index (χ1v) is 11.0. The van der Waals surface area contributed by atoms with E-state index in [4.69, 9.17) is 0 Å². The zero-order valence-corrected chi connectivity index (χ0v) is 18.8. The molecule has 0 atom stereocenters. The van der Waals surface area contributed by atoms with Gasteiger partial charge in [0.05, 0.1) is 17.7 Å². The predicted molar refractivity (Wildman–Crippen MR) is 120 cm³/mol. The number of nitrogens with one attached hydrogen (secondary N) is 2. The highest BCUT2D eigenvalue weighted by Crippen LogP contribution is 2.30. The van der Waals surface area contributed by atoms with E-state index in [1.165, 1.54) is 12.1 Å². The van der Waals surface area contributed by atoms with Crippen LogP contribution in [0.5, 0.6) is 0 Å². The zero-order chi connectivity index (χ0) is 24.0. The predicted octanol–water partition coefficient (Wildman–Crippen LogP) is 4.31. The van der Waals surface area contributed by atoms with E-state index in [9.17, 15) is 22.8 Å². The molecule has 1 aromatic heterocycles. The van der Waals surface area contributed by atoms with Crippen LogP contribution in [-0.4, -0.2) is 32.3 Å². The fourth-order valence-electron chi connectivity index (χ4n) is 3.01. The Hall–Kier alpha value is -3.34. The molecule has 0 aliphatic rings. The van der Waals surface area contributed by atoms with Gasteiger partial charge in [0.2, 0.25) is 11.8 Å². The highest BCUT2D eigenvalue weighted by molar-refractivity contribution is 7.99. The lowest BCUT2D eigenvalue weighted by Crippen LogP contribution is -2.18. The summed E-state index contributed by atoms with van der Waals surface area (Å²) in [5.74, 6) is -0.400. The Labute approximate surface area is 192 Å². The molecule has 0 bridgehead atoms. The molecule has 11 heteroatoms. The maximum atomic E-state index is 12.8. The van der Waals surface area contributed by atoms with Gasteiger partial charge in [0, 0.05) is 18.4 Å². The number of benzene rings is 2. The van der Waals surface area contributed by atoms with Crippen molar-refractivity contribution in [1.82, 2.24) is 14.8 Å². The third-order valence-electron chi connectivity index (χ3n) is 4.72. The molecule has 0 saturated heterocycles. The number of carbonyl (C=O) groups excluding carboxylic acids is 2. The van der Waals surface area contributed by atoms with Gasteiger partial charge in [-0.25, -0.2) is 0 Å². The minimum atomic E-state index is -4.49. The van der Waals surface area contributed by atoms with E-state index >= 15 is 0 Å². The fourth-order valence-corrected chi connectivity index (χ4v) is 3.74. The molecule has 2 N–H and O–H groups in total. The van der Waals surface area contributed by atoms with E-state index in [0.29, 0.717) is 11.0 Å². The van der Waals surface area contributed by atoms with E-state index in [0.717, 1.165) is 41.6 Å². The molecular formula is C22H22F3N5O2S. The van der Waals surface area contributed by atoms with Crippen LogP contribution in [0.15, 0.2) is 53.7 Å². The van der Waals surface area contributed by atoms with Crippen LogP contribution >= 0.6 is 11.8 Å². The Morgan fingerprint density at radius 2 is 1.79 bits per heavy atom. The third kappa shape index (κ3) is 6.58. The summed E-state index contributed by atoms with van der Waals surface area (Å²) in [4.78, 5) is 24.6. The highest BCUT2D eigenvalue weighted by atomic mass is 32.2. The first-order valence-electron chi connectivity index (χ1n) is 10.0. The Bertz CT molecular complexity index is 1150. The Balaban J connectivity index is 1.55. The van der Waals surface area contributed by atoms with Crippen LogP contribution in [-0.2, 0) is 35.7 Å². The van der Waals surface area contributed by atoms with Crippen LogP contribution in [0.1, 0.15) is 23.9 Å². The number of rotatable bonds is 8. The molecule has 3 aromatic rings. The first kappa shape index (κ1) is 24.3. The van der Waals surface area contributed by atoms with E-state index in [1.807, 2.05) is 31.2 Å².